The van der Waals surface area contributed by atoms with Gasteiger partial charge in [-0.25, -0.2) is 0 Å². The quantitative estimate of drug-likeness (QED) is 0.905. The molecule has 90 valence electrons. The fraction of sp³-hybridized carbons (Fsp3) is 0.364. The monoisotopic (exact) mass is 251 g/mol. The Balaban J connectivity index is 2.53. The van der Waals surface area contributed by atoms with Gasteiger partial charge < -0.3 is 5.32 Å². The summed E-state index contributed by atoms with van der Waals surface area (Å²) in [5.74, 6) is 0.762. The van der Waals surface area contributed by atoms with Crippen LogP contribution in [0.2, 0.25) is 5.02 Å². The smallest absolute Gasteiger partial charge is 0.173 e. The Bertz CT molecular complexity index is 522. The lowest BCUT2D eigenvalue weighted by Gasteiger charge is -2.12. The van der Waals surface area contributed by atoms with Crippen LogP contribution in [-0.2, 0) is 0 Å². The topological polar surface area (TPSA) is 55.6 Å². The summed E-state index contributed by atoms with van der Waals surface area (Å²) in [5.41, 5.74) is 1.98. The van der Waals surface area contributed by atoms with Gasteiger partial charge in [-0.15, -0.1) is 5.10 Å². The van der Waals surface area contributed by atoms with Crippen molar-refractivity contribution in [1.29, 1.82) is 0 Å². The average Bonchev–Trinajstić information content (AvgIpc) is 2.80. The normalized spacial score (nSPS) is 12.7. The van der Waals surface area contributed by atoms with Crippen LogP contribution < -0.4 is 5.32 Å². The van der Waals surface area contributed by atoms with E-state index in [2.05, 4.69) is 20.8 Å². The number of tetrazole rings is 1. The van der Waals surface area contributed by atoms with E-state index in [1.54, 1.807) is 4.68 Å². The number of aryl methyl sites for hydroxylation is 1. The summed E-state index contributed by atoms with van der Waals surface area (Å²) in [6.07, 6.45) is 0. The maximum absolute atomic E-state index is 6.00. The minimum absolute atomic E-state index is 0.0726. The van der Waals surface area contributed by atoms with E-state index in [1.165, 1.54) is 0 Å². The zero-order valence-corrected chi connectivity index (χ0v) is 10.7. The Hall–Kier alpha value is -1.46. The fourth-order valence-electron chi connectivity index (χ4n) is 1.58. The van der Waals surface area contributed by atoms with Crippen LogP contribution in [-0.4, -0.2) is 27.3 Å². The first kappa shape index (κ1) is 12.0. The standard InChI is InChI=1S/C11H14ClN5/c1-7-4-5-9(12)6-10(7)17-11(8(2)13-3)14-15-16-17/h4-6,8,13H,1-3H3. The predicted octanol–water partition coefficient (Wildman–Crippen LogP) is 1.90. The average molecular weight is 252 g/mol. The second-order valence-electron chi connectivity index (χ2n) is 3.89. The van der Waals surface area contributed by atoms with Crippen molar-refractivity contribution in [1.82, 2.24) is 25.5 Å². The zero-order chi connectivity index (χ0) is 12.4. The van der Waals surface area contributed by atoms with E-state index in [1.807, 2.05) is 39.1 Å². The third-order valence-corrected chi connectivity index (χ3v) is 2.95. The molecule has 2 aromatic rings. The number of rotatable bonds is 3. The van der Waals surface area contributed by atoms with Crippen molar-refractivity contribution < 1.29 is 0 Å². The molecule has 0 saturated heterocycles. The molecule has 1 unspecified atom stereocenters. The van der Waals surface area contributed by atoms with Gasteiger partial charge in [-0.05, 0) is 49.0 Å². The molecule has 1 atom stereocenters. The SMILES string of the molecule is CNC(C)c1nnnn1-c1cc(Cl)ccc1C. The van der Waals surface area contributed by atoms with E-state index < -0.39 is 0 Å². The molecule has 0 radical (unpaired) electrons. The fourth-order valence-corrected chi connectivity index (χ4v) is 1.74. The molecule has 17 heavy (non-hydrogen) atoms. The minimum Gasteiger partial charge on any atom is -0.311 e. The van der Waals surface area contributed by atoms with Crippen molar-refractivity contribution in [3.05, 3.63) is 34.6 Å². The van der Waals surface area contributed by atoms with Crippen molar-refractivity contribution in [2.75, 3.05) is 7.05 Å². The molecule has 1 aromatic heterocycles. The maximum atomic E-state index is 6.00. The Kier molecular flexibility index (Phi) is 3.40. The second-order valence-corrected chi connectivity index (χ2v) is 4.33. The van der Waals surface area contributed by atoms with Gasteiger partial charge in [-0.3, -0.25) is 0 Å². The lowest BCUT2D eigenvalue weighted by atomic mass is 10.2. The number of halogens is 1. The van der Waals surface area contributed by atoms with Crippen LogP contribution in [0.5, 0.6) is 0 Å². The van der Waals surface area contributed by atoms with E-state index >= 15 is 0 Å². The third kappa shape index (κ3) is 2.30. The number of hydrogen-bond donors (Lipinski definition) is 1. The first-order chi connectivity index (χ1) is 8.13. The molecule has 1 N–H and O–H groups in total. The highest BCUT2D eigenvalue weighted by atomic mass is 35.5. The van der Waals surface area contributed by atoms with E-state index in [-0.39, 0.29) is 6.04 Å². The summed E-state index contributed by atoms with van der Waals surface area (Å²) < 4.78 is 1.71. The zero-order valence-electron chi connectivity index (χ0n) is 9.98. The van der Waals surface area contributed by atoms with Crippen molar-refractivity contribution in [2.45, 2.75) is 19.9 Å². The van der Waals surface area contributed by atoms with Crippen molar-refractivity contribution >= 4 is 11.6 Å². The van der Waals surface area contributed by atoms with Gasteiger partial charge in [0.05, 0.1) is 11.7 Å². The van der Waals surface area contributed by atoms with Gasteiger partial charge in [0.25, 0.3) is 0 Å². The van der Waals surface area contributed by atoms with E-state index in [0.717, 1.165) is 17.1 Å². The molecule has 6 heteroatoms. The molecule has 0 saturated carbocycles. The van der Waals surface area contributed by atoms with Crippen LogP contribution in [0, 0.1) is 6.92 Å². The first-order valence-electron chi connectivity index (χ1n) is 5.35. The number of aromatic nitrogens is 4. The van der Waals surface area contributed by atoms with Crippen LogP contribution >= 0.6 is 11.6 Å². The number of nitrogens with one attached hydrogen (secondary N) is 1. The molecular formula is C11H14ClN5. The molecular weight excluding hydrogens is 238 g/mol. The predicted molar refractivity (Wildman–Crippen MR) is 66.4 cm³/mol. The number of nitrogens with zero attached hydrogens (tertiary/aromatic N) is 4. The number of hydrogen-bond acceptors (Lipinski definition) is 4. The summed E-state index contributed by atoms with van der Waals surface area (Å²) in [6, 6.07) is 5.74. The molecule has 0 aliphatic heterocycles. The highest BCUT2D eigenvalue weighted by Gasteiger charge is 2.15. The Morgan fingerprint density at radius 1 is 1.41 bits per heavy atom. The Morgan fingerprint density at radius 3 is 2.88 bits per heavy atom. The summed E-state index contributed by atoms with van der Waals surface area (Å²) in [7, 11) is 1.87. The van der Waals surface area contributed by atoms with Crippen molar-refractivity contribution in [3.63, 3.8) is 0 Å². The van der Waals surface area contributed by atoms with Gasteiger partial charge in [0.1, 0.15) is 0 Å². The third-order valence-electron chi connectivity index (χ3n) is 2.71. The van der Waals surface area contributed by atoms with Crippen LogP contribution in [0.4, 0.5) is 0 Å². The summed E-state index contributed by atoms with van der Waals surface area (Å²) in [5, 5.41) is 15.5. The molecule has 2 rings (SSSR count). The van der Waals surface area contributed by atoms with E-state index in [4.69, 9.17) is 11.6 Å². The Labute approximate surface area is 105 Å². The second kappa shape index (κ2) is 4.81. The summed E-state index contributed by atoms with van der Waals surface area (Å²) in [4.78, 5) is 0. The van der Waals surface area contributed by atoms with Crippen molar-refractivity contribution in [3.8, 4) is 5.69 Å². The van der Waals surface area contributed by atoms with Gasteiger partial charge in [0, 0.05) is 5.02 Å². The lowest BCUT2D eigenvalue weighted by Crippen LogP contribution is -2.18. The van der Waals surface area contributed by atoms with Crippen LogP contribution in [0.1, 0.15) is 24.4 Å². The van der Waals surface area contributed by atoms with Gasteiger partial charge >= 0.3 is 0 Å². The van der Waals surface area contributed by atoms with Crippen LogP contribution in [0.15, 0.2) is 18.2 Å². The van der Waals surface area contributed by atoms with Crippen molar-refractivity contribution in [2.24, 2.45) is 0 Å². The summed E-state index contributed by atoms with van der Waals surface area (Å²) >= 11 is 6.00. The molecule has 0 bridgehead atoms. The van der Waals surface area contributed by atoms with Crippen LogP contribution in [0.3, 0.4) is 0 Å². The molecule has 5 nitrogen and oxygen atoms in total. The van der Waals surface area contributed by atoms with Gasteiger partial charge in [0.2, 0.25) is 0 Å². The lowest BCUT2D eigenvalue weighted by molar-refractivity contribution is 0.588. The molecule has 0 amide bonds. The van der Waals surface area contributed by atoms with E-state index in [9.17, 15) is 0 Å². The van der Waals surface area contributed by atoms with Crippen LogP contribution in [0.25, 0.3) is 5.69 Å². The van der Waals surface area contributed by atoms with E-state index in [0.29, 0.717) is 5.02 Å². The van der Waals surface area contributed by atoms with Gasteiger partial charge in [0.15, 0.2) is 5.82 Å². The minimum atomic E-state index is 0.0726. The molecule has 1 aromatic carbocycles. The highest BCUT2D eigenvalue weighted by Crippen LogP contribution is 2.21. The largest absolute Gasteiger partial charge is 0.311 e. The van der Waals surface area contributed by atoms with Gasteiger partial charge in [-0.1, -0.05) is 17.7 Å². The highest BCUT2D eigenvalue weighted by molar-refractivity contribution is 6.30. The van der Waals surface area contributed by atoms with Gasteiger partial charge in [-0.2, -0.15) is 4.68 Å². The molecule has 0 aliphatic carbocycles. The molecule has 0 spiro atoms. The first-order valence-corrected chi connectivity index (χ1v) is 5.73. The molecule has 0 fully saturated rings. The number of benzene rings is 1. The maximum Gasteiger partial charge on any atom is 0.173 e. The summed E-state index contributed by atoms with van der Waals surface area (Å²) in [6.45, 7) is 4.00. The molecule has 0 aliphatic rings. The Morgan fingerprint density at radius 2 is 2.18 bits per heavy atom. The molecule has 1 heterocycles.